The molecular formula is C25H32N4O3. The maximum absolute atomic E-state index is 13.2. The van der Waals surface area contributed by atoms with Crippen molar-refractivity contribution in [3.05, 3.63) is 70.1 Å². The zero-order chi connectivity index (χ0) is 22.7. The molecule has 3 atom stereocenters. The average Bonchev–Trinajstić information content (AvgIpc) is 2.78. The SMILES string of the molecule is CC(C)CNC(=O)[C@H](Cc1ccccc1)NC(=O)N1C[C@@H]2C[C@H](C1)c1cccc(=O)n1C2. The van der Waals surface area contributed by atoms with Crippen molar-refractivity contribution in [3.63, 3.8) is 0 Å². The van der Waals surface area contributed by atoms with E-state index in [4.69, 9.17) is 0 Å². The zero-order valence-corrected chi connectivity index (χ0v) is 18.8. The fourth-order valence-electron chi connectivity index (χ4n) is 4.79. The van der Waals surface area contributed by atoms with Gasteiger partial charge in [0.05, 0.1) is 0 Å². The number of rotatable bonds is 6. The second kappa shape index (κ2) is 9.59. The van der Waals surface area contributed by atoms with Crippen molar-refractivity contribution in [1.82, 2.24) is 20.1 Å². The third-order valence-electron chi connectivity index (χ3n) is 6.35. The number of amides is 3. The van der Waals surface area contributed by atoms with Gasteiger partial charge < -0.3 is 20.1 Å². The molecule has 3 amide bonds. The van der Waals surface area contributed by atoms with Gasteiger partial charge in [-0.25, -0.2) is 4.79 Å². The summed E-state index contributed by atoms with van der Waals surface area (Å²) >= 11 is 0. The van der Waals surface area contributed by atoms with Crippen molar-refractivity contribution in [2.24, 2.45) is 11.8 Å². The summed E-state index contributed by atoms with van der Waals surface area (Å²) in [5.74, 6) is 0.556. The molecule has 1 saturated heterocycles. The lowest BCUT2D eigenvalue weighted by Crippen LogP contribution is -2.56. The molecule has 3 heterocycles. The van der Waals surface area contributed by atoms with Crippen molar-refractivity contribution < 1.29 is 9.59 Å². The van der Waals surface area contributed by atoms with Crippen LogP contribution < -0.4 is 16.2 Å². The summed E-state index contributed by atoms with van der Waals surface area (Å²) in [5, 5.41) is 5.95. The second-order valence-electron chi connectivity index (χ2n) is 9.43. The molecule has 2 aliphatic heterocycles. The molecule has 2 bridgehead atoms. The Morgan fingerprint density at radius 2 is 1.81 bits per heavy atom. The first-order chi connectivity index (χ1) is 15.4. The zero-order valence-electron chi connectivity index (χ0n) is 18.8. The maximum Gasteiger partial charge on any atom is 0.318 e. The minimum atomic E-state index is -0.639. The minimum absolute atomic E-state index is 0.0276. The van der Waals surface area contributed by atoms with Gasteiger partial charge in [0.1, 0.15) is 6.04 Å². The first-order valence-corrected chi connectivity index (χ1v) is 11.5. The van der Waals surface area contributed by atoms with Crippen LogP contribution >= 0.6 is 0 Å². The van der Waals surface area contributed by atoms with Gasteiger partial charge in [0, 0.05) is 50.3 Å². The molecule has 0 aliphatic carbocycles. The molecule has 7 nitrogen and oxygen atoms in total. The van der Waals surface area contributed by atoms with Crippen LogP contribution in [0.25, 0.3) is 0 Å². The van der Waals surface area contributed by atoms with E-state index in [0.29, 0.717) is 38.5 Å². The van der Waals surface area contributed by atoms with Gasteiger partial charge in [-0.15, -0.1) is 0 Å². The van der Waals surface area contributed by atoms with E-state index in [1.165, 1.54) is 0 Å². The van der Waals surface area contributed by atoms with Crippen LogP contribution in [0, 0.1) is 11.8 Å². The van der Waals surface area contributed by atoms with Crippen LogP contribution in [-0.4, -0.2) is 47.1 Å². The number of fused-ring (bicyclic) bond motifs is 4. The number of nitrogens with zero attached hydrogens (tertiary/aromatic N) is 2. The third-order valence-corrected chi connectivity index (χ3v) is 6.35. The monoisotopic (exact) mass is 436 g/mol. The molecule has 1 fully saturated rings. The minimum Gasteiger partial charge on any atom is -0.354 e. The van der Waals surface area contributed by atoms with Gasteiger partial charge >= 0.3 is 6.03 Å². The Bertz CT molecular complexity index is 1020. The molecular weight excluding hydrogens is 404 g/mol. The normalized spacial score (nSPS) is 20.4. The Hall–Kier alpha value is -3.09. The molecule has 0 spiro atoms. The molecule has 0 unspecified atom stereocenters. The van der Waals surface area contributed by atoms with Crippen LogP contribution in [0.15, 0.2) is 53.3 Å². The Kier molecular flexibility index (Phi) is 6.63. The number of pyridine rings is 1. The van der Waals surface area contributed by atoms with Crippen molar-refractivity contribution in [2.75, 3.05) is 19.6 Å². The molecule has 1 aromatic heterocycles. The number of aromatic nitrogens is 1. The molecule has 2 N–H and O–H groups in total. The second-order valence-corrected chi connectivity index (χ2v) is 9.43. The van der Waals surface area contributed by atoms with Gasteiger partial charge in [0.2, 0.25) is 5.91 Å². The van der Waals surface area contributed by atoms with Crippen LogP contribution in [0.1, 0.15) is 37.4 Å². The van der Waals surface area contributed by atoms with Gasteiger partial charge in [0.25, 0.3) is 5.56 Å². The van der Waals surface area contributed by atoms with Crippen molar-refractivity contribution >= 4 is 11.9 Å². The van der Waals surface area contributed by atoms with Gasteiger partial charge in [-0.3, -0.25) is 9.59 Å². The third kappa shape index (κ3) is 5.03. The predicted octanol–water partition coefficient (Wildman–Crippen LogP) is 2.36. The number of urea groups is 1. The summed E-state index contributed by atoms with van der Waals surface area (Å²) in [4.78, 5) is 40.2. The van der Waals surface area contributed by atoms with Crippen LogP contribution in [0.2, 0.25) is 0 Å². The van der Waals surface area contributed by atoms with E-state index >= 15 is 0 Å². The van der Waals surface area contributed by atoms with E-state index in [-0.39, 0.29) is 29.3 Å². The molecule has 0 saturated carbocycles. The highest BCUT2D eigenvalue weighted by Crippen LogP contribution is 2.34. The quantitative estimate of drug-likeness (QED) is 0.729. The molecule has 170 valence electrons. The van der Waals surface area contributed by atoms with Crippen LogP contribution in [0.5, 0.6) is 0 Å². The van der Waals surface area contributed by atoms with Gasteiger partial charge in [-0.2, -0.15) is 0 Å². The standard InChI is InChI=1S/C25H32N4O3/c1-17(2)13-26-24(31)21(12-18-7-4-3-5-8-18)27-25(32)28-14-19-11-20(16-28)22-9-6-10-23(30)29(22)15-19/h3-10,17,19-21H,11-16H2,1-2H3,(H,26,31)(H,27,32)/t19-,20+,21-/m0/s1. The van der Waals surface area contributed by atoms with E-state index in [2.05, 4.69) is 10.6 Å². The molecule has 7 heteroatoms. The highest BCUT2D eigenvalue weighted by atomic mass is 16.2. The number of likely N-dealkylation sites (tertiary alicyclic amines) is 1. The molecule has 1 aromatic carbocycles. The number of piperidine rings is 1. The van der Waals surface area contributed by atoms with E-state index < -0.39 is 6.04 Å². The lowest BCUT2D eigenvalue weighted by Gasteiger charge is -2.43. The number of hydrogen-bond donors (Lipinski definition) is 2. The lowest BCUT2D eigenvalue weighted by atomic mass is 9.83. The van der Waals surface area contributed by atoms with E-state index in [1.807, 2.05) is 59.7 Å². The van der Waals surface area contributed by atoms with Gasteiger partial charge in [-0.05, 0) is 29.9 Å². The number of carbonyl (C=O) groups is 2. The van der Waals surface area contributed by atoms with E-state index in [1.54, 1.807) is 12.1 Å². The van der Waals surface area contributed by atoms with Crippen molar-refractivity contribution in [1.29, 1.82) is 0 Å². The van der Waals surface area contributed by atoms with Gasteiger partial charge in [0.15, 0.2) is 0 Å². The summed E-state index contributed by atoms with van der Waals surface area (Å²) in [6.07, 6.45) is 1.42. The predicted molar refractivity (Wildman–Crippen MR) is 123 cm³/mol. The molecule has 2 aromatic rings. The summed E-state index contributed by atoms with van der Waals surface area (Å²) in [6, 6.07) is 14.3. The topological polar surface area (TPSA) is 83.4 Å². The number of nitrogens with one attached hydrogen (secondary N) is 2. The largest absolute Gasteiger partial charge is 0.354 e. The number of hydrogen-bond acceptors (Lipinski definition) is 3. The Morgan fingerprint density at radius 1 is 1.03 bits per heavy atom. The fraction of sp³-hybridized carbons (Fsp3) is 0.480. The molecule has 4 rings (SSSR count). The Labute approximate surface area is 188 Å². The first-order valence-electron chi connectivity index (χ1n) is 11.5. The maximum atomic E-state index is 13.2. The van der Waals surface area contributed by atoms with Gasteiger partial charge in [-0.1, -0.05) is 50.2 Å². The molecule has 2 aliphatic rings. The Balaban J connectivity index is 1.47. The number of carbonyl (C=O) groups excluding carboxylic acids is 2. The highest BCUT2D eigenvalue weighted by molar-refractivity contribution is 5.87. The molecule has 32 heavy (non-hydrogen) atoms. The first kappa shape index (κ1) is 22.1. The van der Waals surface area contributed by atoms with Crippen LogP contribution in [0.3, 0.4) is 0 Å². The summed E-state index contributed by atoms with van der Waals surface area (Å²) in [6.45, 7) is 6.44. The highest BCUT2D eigenvalue weighted by Gasteiger charge is 2.37. The number of benzene rings is 1. The summed E-state index contributed by atoms with van der Waals surface area (Å²) in [7, 11) is 0. The average molecular weight is 437 g/mol. The fourth-order valence-corrected chi connectivity index (χ4v) is 4.79. The van der Waals surface area contributed by atoms with E-state index in [9.17, 15) is 14.4 Å². The smallest absolute Gasteiger partial charge is 0.318 e. The van der Waals surface area contributed by atoms with Crippen LogP contribution in [-0.2, 0) is 17.8 Å². The summed E-state index contributed by atoms with van der Waals surface area (Å²) < 4.78 is 1.85. The lowest BCUT2D eigenvalue weighted by molar-refractivity contribution is -0.123. The van der Waals surface area contributed by atoms with Crippen molar-refractivity contribution in [2.45, 2.75) is 45.2 Å². The van der Waals surface area contributed by atoms with Crippen molar-refractivity contribution in [3.8, 4) is 0 Å². The molecule has 0 radical (unpaired) electrons. The van der Waals surface area contributed by atoms with E-state index in [0.717, 1.165) is 17.7 Å². The van der Waals surface area contributed by atoms with Crippen LogP contribution in [0.4, 0.5) is 4.79 Å². The summed E-state index contributed by atoms with van der Waals surface area (Å²) in [5.41, 5.74) is 2.03. The Morgan fingerprint density at radius 3 is 2.56 bits per heavy atom.